The van der Waals surface area contributed by atoms with E-state index in [1.54, 1.807) is 6.07 Å². The van der Waals surface area contributed by atoms with Crippen molar-refractivity contribution in [3.63, 3.8) is 0 Å². The Morgan fingerprint density at radius 1 is 1.53 bits per heavy atom. The van der Waals surface area contributed by atoms with Crippen molar-refractivity contribution in [3.8, 4) is 0 Å². The molecule has 1 heterocycles. The highest BCUT2D eigenvalue weighted by Gasteiger charge is 2.20. The zero-order chi connectivity index (χ0) is 10.8. The molecule has 2 N–H and O–H groups in total. The Bertz CT molecular complexity index is 356. The summed E-state index contributed by atoms with van der Waals surface area (Å²) in [6.07, 6.45) is 0. The molecule has 1 fully saturated rings. The molecule has 0 amide bonds. The smallest absolute Gasteiger partial charge is 0.0668 e. The Hall–Kier alpha value is -0.930. The van der Waals surface area contributed by atoms with E-state index < -0.39 is 0 Å². The Morgan fingerprint density at radius 2 is 2.33 bits per heavy atom. The summed E-state index contributed by atoms with van der Waals surface area (Å²) < 4.78 is 5.39. The average molecular weight is 227 g/mol. The van der Waals surface area contributed by atoms with E-state index in [0.29, 0.717) is 11.1 Å². The molecule has 0 aromatic heterocycles. The minimum atomic E-state index is 0.363. The fraction of sp³-hybridized carbons (Fsp3) is 0.455. The third-order valence-electron chi connectivity index (χ3n) is 2.67. The molecule has 1 saturated heterocycles. The second kappa shape index (κ2) is 4.29. The van der Waals surface area contributed by atoms with Crippen molar-refractivity contribution in [2.45, 2.75) is 13.0 Å². The quantitative estimate of drug-likeness (QED) is 0.746. The largest absolute Gasteiger partial charge is 0.397 e. The van der Waals surface area contributed by atoms with E-state index in [2.05, 4.69) is 11.8 Å². The third-order valence-corrected chi connectivity index (χ3v) is 2.90. The molecule has 15 heavy (non-hydrogen) atoms. The SMILES string of the molecule is CC1COCCN1c1ccc(Cl)cc1N. The molecule has 82 valence electrons. The maximum atomic E-state index is 5.95. The Morgan fingerprint density at radius 3 is 3.00 bits per heavy atom. The summed E-state index contributed by atoms with van der Waals surface area (Å²) in [4.78, 5) is 2.26. The first-order valence-corrected chi connectivity index (χ1v) is 5.45. The Labute approximate surface area is 94.8 Å². The number of halogens is 1. The number of ether oxygens (including phenoxy) is 1. The van der Waals surface area contributed by atoms with Gasteiger partial charge in [-0.15, -0.1) is 0 Å². The van der Waals surface area contributed by atoms with Crippen LogP contribution in [0.2, 0.25) is 5.02 Å². The molecule has 1 aromatic rings. The lowest BCUT2D eigenvalue weighted by Gasteiger charge is -2.35. The van der Waals surface area contributed by atoms with Crippen LogP contribution in [0.15, 0.2) is 18.2 Å². The van der Waals surface area contributed by atoms with Crippen molar-refractivity contribution < 1.29 is 4.74 Å². The number of hydrogen-bond acceptors (Lipinski definition) is 3. The van der Waals surface area contributed by atoms with Gasteiger partial charge in [0, 0.05) is 17.6 Å². The monoisotopic (exact) mass is 226 g/mol. The van der Waals surface area contributed by atoms with Gasteiger partial charge in [0.15, 0.2) is 0 Å². The first kappa shape index (κ1) is 10.6. The summed E-state index contributed by atoms with van der Waals surface area (Å²) in [5, 5.41) is 0.678. The third kappa shape index (κ3) is 2.19. The van der Waals surface area contributed by atoms with Crippen molar-refractivity contribution in [1.82, 2.24) is 0 Å². The number of rotatable bonds is 1. The number of anilines is 2. The summed E-state index contributed by atoms with van der Waals surface area (Å²) in [6.45, 7) is 4.52. The van der Waals surface area contributed by atoms with Gasteiger partial charge in [0.2, 0.25) is 0 Å². The number of nitrogen functional groups attached to an aromatic ring is 1. The summed E-state index contributed by atoms with van der Waals surface area (Å²) in [5.41, 5.74) is 7.73. The molecule has 4 heteroatoms. The first-order chi connectivity index (χ1) is 7.18. The molecule has 1 aliphatic heterocycles. The highest BCUT2D eigenvalue weighted by Crippen LogP contribution is 2.28. The van der Waals surface area contributed by atoms with Gasteiger partial charge in [0.25, 0.3) is 0 Å². The first-order valence-electron chi connectivity index (χ1n) is 5.08. The molecule has 1 aliphatic rings. The van der Waals surface area contributed by atoms with Crippen LogP contribution >= 0.6 is 11.6 Å². The second-order valence-corrected chi connectivity index (χ2v) is 4.26. The van der Waals surface area contributed by atoms with Gasteiger partial charge < -0.3 is 15.4 Å². The van der Waals surface area contributed by atoms with Gasteiger partial charge in [-0.3, -0.25) is 0 Å². The number of nitrogens with two attached hydrogens (primary N) is 1. The summed E-state index contributed by atoms with van der Waals surface area (Å²) >= 11 is 5.87. The predicted molar refractivity (Wildman–Crippen MR) is 63.5 cm³/mol. The van der Waals surface area contributed by atoms with Gasteiger partial charge in [0.1, 0.15) is 0 Å². The zero-order valence-corrected chi connectivity index (χ0v) is 9.50. The standard InChI is InChI=1S/C11H15ClN2O/c1-8-7-15-5-4-14(8)11-3-2-9(12)6-10(11)13/h2-3,6,8H,4-5,7,13H2,1H3. The topological polar surface area (TPSA) is 38.5 Å². The molecule has 3 nitrogen and oxygen atoms in total. The van der Waals surface area contributed by atoms with Gasteiger partial charge in [-0.05, 0) is 25.1 Å². The maximum absolute atomic E-state index is 5.95. The predicted octanol–water partition coefficient (Wildman–Crippen LogP) is 2.15. The van der Waals surface area contributed by atoms with E-state index >= 15 is 0 Å². The molecule has 1 atom stereocenters. The van der Waals surface area contributed by atoms with E-state index in [1.165, 1.54) is 0 Å². The zero-order valence-electron chi connectivity index (χ0n) is 8.74. The van der Waals surface area contributed by atoms with E-state index in [1.807, 2.05) is 12.1 Å². The molecular weight excluding hydrogens is 212 g/mol. The van der Waals surface area contributed by atoms with E-state index in [4.69, 9.17) is 22.1 Å². The fourth-order valence-corrected chi connectivity index (χ4v) is 2.05. The van der Waals surface area contributed by atoms with Gasteiger partial charge in [0.05, 0.1) is 24.6 Å². The number of nitrogens with zero attached hydrogens (tertiary/aromatic N) is 1. The average Bonchev–Trinajstić information content (AvgIpc) is 2.20. The van der Waals surface area contributed by atoms with Gasteiger partial charge >= 0.3 is 0 Å². The molecule has 1 unspecified atom stereocenters. The van der Waals surface area contributed by atoms with Crippen molar-refractivity contribution in [1.29, 1.82) is 0 Å². The lowest BCUT2D eigenvalue weighted by Crippen LogP contribution is -2.44. The minimum Gasteiger partial charge on any atom is -0.397 e. The fourth-order valence-electron chi connectivity index (χ4n) is 1.87. The number of benzene rings is 1. The normalized spacial score (nSPS) is 21.7. The summed E-state index contributed by atoms with van der Waals surface area (Å²) in [7, 11) is 0. The van der Waals surface area contributed by atoms with Gasteiger partial charge in [-0.25, -0.2) is 0 Å². The molecule has 0 saturated carbocycles. The second-order valence-electron chi connectivity index (χ2n) is 3.82. The molecule has 2 rings (SSSR count). The molecule has 0 bridgehead atoms. The molecule has 1 aromatic carbocycles. The maximum Gasteiger partial charge on any atom is 0.0668 e. The van der Waals surface area contributed by atoms with Crippen molar-refractivity contribution >= 4 is 23.0 Å². The van der Waals surface area contributed by atoms with Gasteiger partial charge in [-0.2, -0.15) is 0 Å². The summed E-state index contributed by atoms with van der Waals surface area (Å²) in [6, 6.07) is 6.00. The molecule has 0 spiro atoms. The highest BCUT2D eigenvalue weighted by molar-refractivity contribution is 6.31. The van der Waals surface area contributed by atoms with Crippen molar-refractivity contribution in [2.75, 3.05) is 30.4 Å². The van der Waals surface area contributed by atoms with E-state index in [-0.39, 0.29) is 0 Å². The van der Waals surface area contributed by atoms with Crippen molar-refractivity contribution in [2.24, 2.45) is 0 Å². The van der Waals surface area contributed by atoms with Gasteiger partial charge in [-0.1, -0.05) is 11.6 Å². The van der Waals surface area contributed by atoms with Crippen molar-refractivity contribution in [3.05, 3.63) is 23.2 Å². The van der Waals surface area contributed by atoms with Crippen LogP contribution < -0.4 is 10.6 Å². The van der Waals surface area contributed by atoms with Crippen LogP contribution in [0.3, 0.4) is 0 Å². The van der Waals surface area contributed by atoms with E-state index in [0.717, 1.165) is 31.1 Å². The Kier molecular flexibility index (Phi) is 3.03. The highest BCUT2D eigenvalue weighted by atomic mass is 35.5. The molecular formula is C11H15ClN2O. The van der Waals surface area contributed by atoms with Crippen LogP contribution in [0, 0.1) is 0 Å². The number of hydrogen-bond donors (Lipinski definition) is 1. The van der Waals surface area contributed by atoms with Crippen LogP contribution in [0.5, 0.6) is 0 Å². The van der Waals surface area contributed by atoms with Crippen LogP contribution in [-0.4, -0.2) is 25.8 Å². The lowest BCUT2D eigenvalue weighted by molar-refractivity contribution is 0.0990. The van der Waals surface area contributed by atoms with Crippen LogP contribution in [-0.2, 0) is 4.74 Å². The van der Waals surface area contributed by atoms with Crippen LogP contribution in [0.25, 0.3) is 0 Å². The summed E-state index contributed by atoms with van der Waals surface area (Å²) in [5.74, 6) is 0. The Balaban J connectivity index is 2.27. The van der Waals surface area contributed by atoms with Crippen LogP contribution in [0.4, 0.5) is 11.4 Å². The molecule has 0 aliphatic carbocycles. The lowest BCUT2D eigenvalue weighted by atomic mass is 10.2. The van der Waals surface area contributed by atoms with Crippen LogP contribution in [0.1, 0.15) is 6.92 Å². The van der Waals surface area contributed by atoms with E-state index in [9.17, 15) is 0 Å². The minimum absolute atomic E-state index is 0.363. The number of morpholine rings is 1. The molecule has 0 radical (unpaired) electrons.